The van der Waals surface area contributed by atoms with Gasteiger partial charge in [0, 0.05) is 0 Å². The van der Waals surface area contributed by atoms with Crippen LogP contribution in [0.1, 0.15) is 21.5 Å². The van der Waals surface area contributed by atoms with Crippen LogP contribution in [0.15, 0.2) is 18.2 Å². The zero-order valence-corrected chi connectivity index (χ0v) is 6.59. The van der Waals surface area contributed by atoms with Crippen molar-refractivity contribution in [1.29, 1.82) is 0 Å². The zero-order chi connectivity index (χ0) is 8.43. The molecule has 2 nitrogen and oxygen atoms in total. The van der Waals surface area contributed by atoms with Gasteiger partial charge in [0.05, 0.1) is 5.56 Å². The molecule has 0 saturated carbocycles. The Morgan fingerprint density at radius 3 is 2.25 bits per heavy atom. The number of carbonyl (C=O) groups is 1. The number of hydrogen-bond donors (Lipinski definition) is 1. The first-order valence-corrected chi connectivity index (χ1v) is 3.42. The molecule has 0 aliphatic carbocycles. The van der Waals surface area contributed by atoms with Gasteiger partial charge in [0.1, 0.15) is 0 Å². The van der Waals surface area contributed by atoms with E-state index in [0.29, 0.717) is 5.56 Å². The van der Waals surface area contributed by atoms with E-state index >= 15 is 0 Å². The molecule has 3 heteroatoms. The molecule has 0 radical (unpaired) electrons. The first kappa shape index (κ1) is 11.6. The number of carboxylic acid groups (broad SMARTS) is 1. The van der Waals surface area contributed by atoms with Crippen molar-refractivity contribution in [2.24, 2.45) is 0 Å². The van der Waals surface area contributed by atoms with Gasteiger partial charge in [-0.05, 0) is 37.1 Å². The number of carboxylic acids is 1. The summed E-state index contributed by atoms with van der Waals surface area (Å²) >= 11 is 0. The molecular weight excluding hydrogens is 255 g/mol. The number of rotatable bonds is 1. The maximum atomic E-state index is 10.5. The van der Waals surface area contributed by atoms with Crippen LogP contribution in [0.3, 0.4) is 0 Å². The van der Waals surface area contributed by atoms with E-state index in [0.717, 1.165) is 11.1 Å². The minimum absolute atomic E-state index is 0. The van der Waals surface area contributed by atoms with Gasteiger partial charge >= 0.3 is 31.8 Å². The first-order valence-electron chi connectivity index (χ1n) is 3.42. The van der Waals surface area contributed by atoms with Crippen molar-refractivity contribution in [3.05, 3.63) is 34.9 Å². The van der Waals surface area contributed by atoms with Gasteiger partial charge in [-0.1, -0.05) is 6.07 Å². The fraction of sp³-hybridized carbons (Fsp3) is 0.222. The number of benzene rings is 1. The molecule has 1 N–H and O–H groups in total. The third kappa shape index (κ3) is 2.55. The molecule has 0 fully saturated rings. The monoisotopic (exact) mass is 268 g/mol. The van der Waals surface area contributed by atoms with Crippen LogP contribution < -0.4 is 0 Å². The van der Waals surface area contributed by atoms with Crippen molar-refractivity contribution in [1.82, 2.24) is 0 Å². The summed E-state index contributed by atoms with van der Waals surface area (Å²) in [4.78, 5) is 10.5. The Morgan fingerprint density at radius 1 is 1.25 bits per heavy atom. The molecule has 0 unspecified atom stereocenters. The second kappa shape index (κ2) is 4.55. The Kier molecular flexibility index (Phi) is 4.39. The van der Waals surface area contributed by atoms with E-state index in [1.165, 1.54) is 0 Å². The molecule has 0 heterocycles. The van der Waals surface area contributed by atoms with Gasteiger partial charge < -0.3 is 5.11 Å². The molecular formula is C9H13InO2. The Bertz CT molecular complexity index is 295. The third-order valence-electron chi connectivity index (χ3n) is 1.75. The summed E-state index contributed by atoms with van der Waals surface area (Å²) < 4.78 is 0. The summed E-state index contributed by atoms with van der Waals surface area (Å²) in [6, 6.07) is 5.11. The van der Waals surface area contributed by atoms with Gasteiger partial charge in [0.2, 0.25) is 0 Å². The molecule has 12 heavy (non-hydrogen) atoms. The summed E-state index contributed by atoms with van der Waals surface area (Å²) in [5.41, 5.74) is 2.49. The van der Waals surface area contributed by atoms with Gasteiger partial charge in [-0.2, -0.15) is 0 Å². The molecule has 1 aromatic rings. The average Bonchev–Trinajstić information content (AvgIpc) is 1.94. The van der Waals surface area contributed by atoms with Crippen molar-refractivity contribution < 1.29 is 9.90 Å². The van der Waals surface area contributed by atoms with E-state index in [1.807, 2.05) is 19.9 Å². The van der Waals surface area contributed by atoms with Crippen LogP contribution in [0, 0.1) is 13.8 Å². The van der Waals surface area contributed by atoms with Crippen LogP contribution in [-0.2, 0) is 0 Å². The molecule has 64 valence electrons. The fourth-order valence-corrected chi connectivity index (χ4v) is 0.874. The molecule has 0 spiro atoms. The molecule has 0 amide bonds. The van der Waals surface area contributed by atoms with Gasteiger partial charge in [0.25, 0.3) is 0 Å². The van der Waals surface area contributed by atoms with Crippen molar-refractivity contribution in [2.75, 3.05) is 0 Å². The topological polar surface area (TPSA) is 37.3 Å². The SMILES string of the molecule is Cc1ccc(C(=O)O)cc1C.[InH3]. The fourth-order valence-electron chi connectivity index (χ4n) is 0.874. The first-order chi connectivity index (χ1) is 5.11. The zero-order valence-electron chi connectivity index (χ0n) is 6.59. The van der Waals surface area contributed by atoms with E-state index in [-0.39, 0.29) is 25.8 Å². The molecule has 0 aliphatic heterocycles. The Morgan fingerprint density at radius 2 is 1.83 bits per heavy atom. The molecule has 0 bridgehead atoms. The molecule has 1 rings (SSSR count). The van der Waals surface area contributed by atoms with E-state index in [4.69, 9.17) is 5.11 Å². The van der Waals surface area contributed by atoms with Crippen molar-refractivity contribution in [3.63, 3.8) is 0 Å². The average molecular weight is 268 g/mol. The number of aryl methyl sites for hydroxylation is 2. The minimum atomic E-state index is -0.867. The van der Waals surface area contributed by atoms with Crippen molar-refractivity contribution >= 4 is 31.8 Å². The standard InChI is InChI=1S/C9H10O2.In.3H/c1-6-3-4-8(9(10)11)5-7(6)2;;;;/h3-5H,1-2H3,(H,10,11);;;;. The van der Waals surface area contributed by atoms with Gasteiger partial charge in [-0.25, -0.2) is 4.79 Å². The third-order valence-corrected chi connectivity index (χ3v) is 1.75. The predicted octanol–water partition coefficient (Wildman–Crippen LogP) is 0.818. The van der Waals surface area contributed by atoms with Crippen molar-refractivity contribution in [3.8, 4) is 0 Å². The van der Waals surface area contributed by atoms with Crippen LogP contribution in [0.4, 0.5) is 0 Å². The summed E-state index contributed by atoms with van der Waals surface area (Å²) in [5.74, 6) is -0.867. The quantitative estimate of drug-likeness (QED) is 0.818. The summed E-state index contributed by atoms with van der Waals surface area (Å²) in [6.45, 7) is 3.86. The van der Waals surface area contributed by atoms with E-state index in [9.17, 15) is 4.79 Å². The summed E-state index contributed by atoms with van der Waals surface area (Å²) in [5, 5.41) is 8.60. The van der Waals surface area contributed by atoms with Crippen LogP contribution in [0.25, 0.3) is 0 Å². The summed E-state index contributed by atoms with van der Waals surface area (Å²) in [6.07, 6.45) is 0. The van der Waals surface area contributed by atoms with Crippen LogP contribution >= 0.6 is 0 Å². The van der Waals surface area contributed by atoms with Gasteiger partial charge in [-0.15, -0.1) is 0 Å². The molecule has 0 saturated heterocycles. The maximum absolute atomic E-state index is 10.5. The number of aromatic carboxylic acids is 1. The Labute approximate surface area is 90.4 Å². The molecule has 1 aromatic carbocycles. The van der Waals surface area contributed by atoms with Gasteiger partial charge in [-0.3, -0.25) is 0 Å². The van der Waals surface area contributed by atoms with Crippen LogP contribution in [-0.4, -0.2) is 36.9 Å². The predicted molar refractivity (Wildman–Crippen MR) is 52.8 cm³/mol. The molecule has 0 atom stereocenters. The van der Waals surface area contributed by atoms with Gasteiger partial charge in [0.15, 0.2) is 0 Å². The summed E-state index contributed by atoms with van der Waals surface area (Å²) in [7, 11) is 0. The molecule has 0 aromatic heterocycles. The number of hydrogen-bond acceptors (Lipinski definition) is 1. The normalized spacial score (nSPS) is 8.83. The Balaban J connectivity index is 0.00000121. The van der Waals surface area contributed by atoms with Crippen LogP contribution in [0.2, 0.25) is 0 Å². The van der Waals surface area contributed by atoms with Crippen molar-refractivity contribution in [2.45, 2.75) is 13.8 Å². The van der Waals surface area contributed by atoms with Crippen LogP contribution in [0.5, 0.6) is 0 Å². The van der Waals surface area contributed by atoms with E-state index in [2.05, 4.69) is 0 Å². The Hall–Kier alpha value is -0.440. The van der Waals surface area contributed by atoms with E-state index < -0.39 is 5.97 Å². The second-order valence-electron chi connectivity index (χ2n) is 2.60. The molecule has 0 aliphatic rings. The van der Waals surface area contributed by atoms with E-state index in [1.54, 1.807) is 12.1 Å². The second-order valence-corrected chi connectivity index (χ2v) is 2.60.